The smallest absolute Gasteiger partial charge is 0.290 e. The summed E-state index contributed by atoms with van der Waals surface area (Å²) in [5.74, 6) is -2.48. The van der Waals surface area contributed by atoms with Gasteiger partial charge in [-0.25, -0.2) is 0 Å². The Morgan fingerprint density at radius 3 is 2.48 bits per heavy atom. The minimum absolute atomic E-state index is 0.106. The average Bonchev–Trinajstić information content (AvgIpc) is 2.64. The van der Waals surface area contributed by atoms with Crippen molar-refractivity contribution in [2.24, 2.45) is 0 Å². The first-order valence-corrected chi connectivity index (χ1v) is 6.26. The van der Waals surface area contributed by atoms with Crippen molar-refractivity contribution in [1.82, 2.24) is 4.90 Å². The number of hydrogen-bond acceptors (Lipinski definition) is 6. The van der Waals surface area contributed by atoms with Gasteiger partial charge in [0.2, 0.25) is 0 Å². The van der Waals surface area contributed by atoms with Gasteiger partial charge < -0.3 is 25.3 Å². The van der Waals surface area contributed by atoms with Crippen LogP contribution in [0, 0.1) is 0 Å². The Balaban J connectivity index is 2.59. The monoisotopic (exact) mass is 293 g/mol. The fraction of sp³-hybridized carbons (Fsp3) is 0.286. The van der Waals surface area contributed by atoms with Crippen LogP contribution in [0.1, 0.15) is 18.5 Å². The van der Waals surface area contributed by atoms with E-state index in [0.29, 0.717) is 0 Å². The van der Waals surface area contributed by atoms with Crippen LogP contribution in [0.3, 0.4) is 0 Å². The molecule has 0 aliphatic carbocycles. The van der Waals surface area contributed by atoms with Crippen LogP contribution in [-0.2, 0) is 9.59 Å². The lowest BCUT2D eigenvalue weighted by molar-refractivity contribution is -0.129. The SMILES string of the molecule is CC(=O)C1=C(O)C(=O)N(CCO)C1c1ccc(O)cc1O. The van der Waals surface area contributed by atoms with Crippen molar-refractivity contribution in [1.29, 1.82) is 0 Å². The molecule has 21 heavy (non-hydrogen) atoms. The van der Waals surface area contributed by atoms with Gasteiger partial charge in [0.25, 0.3) is 5.91 Å². The van der Waals surface area contributed by atoms with Gasteiger partial charge in [-0.3, -0.25) is 9.59 Å². The van der Waals surface area contributed by atoms with Gasteiger partial charge in [0, 0.05) is 18.2 Å². The number of aromatic hydroxyl groups is 2. The maximum atomic E-state index is 12.0. The zero-order valence-corrected chi connectivity index (χ0v) is 11.3. The molecule has 1 unspecified atom stereocenters. The van der Waals surface area contributed by atoms with E-state index in [0.717, 1.165) is 11.0 Å². The maximum absolute atomic E-state index is 12.0. The standard InChI is InChI=1S/C14H15NO6/c1-7(17)11-12(9-3-2-8(18)6-10(9)19)15(4-5-16)14(21)13(11)20/h2-3,6,12,16,18-20H,4-5H2,1H3. The van der Waals surface area contributed by atoms with Crippen LogP contribution in [-0.4, -0.2) is 50.2 Å². The molecule has 0 aromatic heterocycles. The Morgan fingerprint density at radius 1 is 1.29 bits per heavy atom. The van der Waals surface area contributed by atoms with Crippen LogP contribution in [0.4, 0.5) is 0 Å². The number of Topliss-reactive ketones (excluding diaryl/α,β-unsaturated/α-hetero) is 1. The molecule has 0 fully saturated rings. The van der Waals surface area contributed by atoms with Gasteiger partial charge in [-0.1, -0.05) is 0 Å². The van der Waals surface area contributed by atoms with Gasteiger partial charge in [0.15, 0.2) is 11.5 Å². The second kappa shape index (κ2) is 5.45. The molecule has 0 bridgehead atoms. The van der Waals surface area contributed by atoms with Crippen molar-refractivity contribution in [3.05, 3.63) is 35.1 Å². The van der Waals surface area contributed by atoms with Crippen molar-refractivity contribution in [2.45, 2.75) is 13.0 Å². The number of aliphatic hydroxyl groups excluding tert-OH is 2. The van der Waals surface area contributed by atoms with Crippen molar-refractivity contribution in [2.75, 3.05) is 13.2 Å². The third-order valence-electron chi connectivity index (χ3n) is 3.33. The lowest BCUT2D eigenvalue weighted by Gasteiger charge is -2.26. The van der Waals surface area contributed by atoms with Crippen LogP contribution in [0.5, 0.6) is 11.5 Å². The lowest BCUT2D eigenvalue weighted by Crippen LogP contribution is -2.33. The van der Waals surface area contributed by atoms with Gasteiger partial charge in [-0.05, 0) is 19.1 Å². The molecule has 112 valence electrons. The van der Waals surface area contributed by atoms with Crippen LogP contribution < -0.4 is 0 Å². The molecule has 2 rings (SSSR count). The predicted molar refractivity (Wildman–Crippen MR) is 71.6 cm³/mol. The maximum Gasteiger partial charge on any atom is 0.290 e. The number of amides is 1. The number of aliphatic hydroxyl groups is 2. The van der Waals surface area contributed by atoms with E-state index in [4.69, 9.17) is 5.11 Å². The molecular weight excluding hydrogens is 278 g/mol. The fourth-order valence-electron chi connectivity index (χ4n) is 2.44. The molecule has 7 heteroatoms. The molecule has 1 heterocycles. The summed E-state index contributed by atoms with van der Waals surface area (Å²) in [6.07, 6.45) is 0. The highest BCUT2D eigenvalue weighted by molar-refractivity contribution is 6.08. The Morgan fingerprint density at radius 2 is 1.95 bits per heavy atom. The van der Waals surface area contributed by atoms with E-state index in [1.54, 1.807) is 0 Å². The van der Waals surface area contributed by atoms with Crippen molar-refractivity contribution >= 4 is 11.7 Å². The van der Waals surface area contributed by atoms with Crippen molar-refractivity contribution in [3.8, 4) is 11.5 Å². The second-order valence-corrected chi connectivity index (χ2v) is 4.69. The molecule has 0 radical (unpaired) electrons. The van der Waals surface area contributed by atoms with E-state index in [1.807, 2.05) is 0 Å². The summed E-state index contributed by atoms with van der Waals surface area (Å²) in [6.45, 7) is 0.732. The summed E-state index contributed by atoms with van der Waals surface area (Å²) in [5.41, 5.74) is 0.0401. The summed E-state index contributed by atoms with van der Waals surface area (Å²) in [5, 5.41) is 38.2. The minimum Gasteiger partial charge on any atom is -0.508 e. The largest absolute Gasteiger partial charge is 0.508 e. The van der Waals surface area contributed by atoms with Crippen molar-refractivity contribution in [3.63, 3.8) is 0 Å². The molecule has 7 nitrogen and oxygen atoms in total. The van der Waals surface area contributed by atoms with Gasteiger partial charge in [0.05, 0.1) is 18.2 Å². The summed E-state index contributed by atoms with van der Waals surface area (Å²) in [6, 6.07) is 2.73. The number of benzene rings is 1. The van der Waals surface area contributed by atoms with E-state index in [1.165, 1.54) is 19.1 Å². The molecule has 4 N–H and O–H groups in total. The van der Waals surface area contributed by atoms with E-state index in [2.05, 4.69) is 0 Å². The van der Waals surface area contributed by atoms with Gasteiger partial charge >= 0.3 is 0 Å². The fourth-order valence-corrected chi connectivity index (χ4v) is 2.44. The van der Waals surface area contributed by atoms with E-state index >= 15 is 0 Å². The molecule has 1 atom stereocenters. The number of hydrogen-bond donors (Lipinski definition) is 4. The Hall–Kier alpha value is -2.54. The highest BCUT2D eigenvalue weighted by Crippen LogP contribution is 2.41. The van der Waals surface area contributed by atoms with Crippen LogP contribution in [0.2, 0.25) is 0 Å². The average molecular weight is 293 g/mol. The molecule has 0 spiro atoms. The number of nitrogens with zero attached hydrogens (tertiary/aromatic N) is 1. The molecule has 1 aliphatic rings. The Labute approximate surface area is 120 Å². The van der Waals surface area contributed by atoms with Gasteiger partial charge in [-0.15, -0.1) is 0 Å². The van der Waals surface area contributed by atoms with E-state index in [-0.39, 0.29) is 35.8 Å². The first kappa shape index (κ1) is 14.9. The highest BCUT2D eigenvalue weighted by Gasteiger charge is 2.43. The van der Waals surface area contributed by atoms with Gasteiger partial charge in [0.1, 0.15) is 11.5 Å². The zero-order chi connectivity index (χ0) is 15.7. The topological polar surface area (TPSA) is 118 Å². The molecule has 1 amide bonds. The number of carbonyl (C=O) groups excluding carboxylic acids is 2. The van der Waals surface area contributed by atoms with Crippen LogP contribution >= 0.6 is 0 Å². The Bertz CT molecular complexity index is 636. The third-order valence-corrected chi connectivity index (χ3v) is 3.33. The zero-order valence-electron chi connectivity index (χ0n) is 11.3. The third kappa shape index (κ3) is 2.43. The molecule has 0 saturated heterocycles. The predicted octanol–water partition coefficient (Wildman–Crippen LogP) is 0.374. The van der Waals surface area contributed by atoms with E-state index < -0.39 is 23.5 Å². The molecule has 1 aliphatic heterocycles. The van der Waals surface area contributed by atoms with Gasteiger partial charge in [-0.2, -0.15) is 0 Å². The summed E-state index contributed by atoms with van der Waals surface area (Å²) >= 11 is 0. The Kier molecular flexibility index (Phi) is 3.86. The minimum atomic E-state index is -0.997. The number of rotatable bonds is 4. The number of phenols is 2. The molecule has 0 saturated carbocycles. The van der Waals surface area contributed by atoms with Crippen LogP contribution in [0.25, 0.3) is 0 Å². The summed E-state index contributed by atoms with van der Waals surface area (Å²) in [4.78, 5) is 24.8. The summed E-state index contributed by atoms with van der Waals surface area (Å²) in [7, 11) is 0. The first-order valence-electron chi connectivity index (χ1n) is 6.26. The van der Waals surface area contributed by atoms with Crippen LogP contribution in [0.15, 0.2) is 29.5 Å². The molecular formula is C14H15NO6. The number of phenolic OH excluding ortho intramolecular Hbond substituents is 2. The second-order valence-electron chi connectivity index (χ2n) is 4.69. The number of carbonyl (C=O) groups is 2. The summed E-state index contributed by atoms with van der Waals surface area (Å²) < 4.78 is 0. The van der Waals surface area contributed by atoms with E-state index in [9.17, 15) is 24.9 Å². The normalized spacial score (nSPS) is 18.5. The molecule has 1 aromatic carbocycles. The number of β-amino-alcohol motifs (C(OH)–C–C–N with tert-alkyl or cyclic N) is 1. The van der Waals surface area contributed by atoms with Crippen molar-refractivity contribution < 1.29 is 30.0 Å². The first-order chi connectivity index (χ1) is 9.88. The quantitative estimate of drug-likeness (QED) is 0.637. The lowest BCUT2D eigenvalue weighted by atomic mass is 9.96. The number of ketones is 1. The highest BCUT2D eigenvalue weighted by atomic mass is 16.3. The molecule has 1 aromatic rings.